The number of hydrogen-bond acceptors (Lipinski definition) is 7. The van der Waals surface area contributed by atoms with Crippen molar-refractivity contribution in [3.05, 3.63) is 101 Å². The van der Waals surface area contributed by atoms with Crippen molar-refractivity contribution in [2.45, 2.75) is 43.1 Å². The maximum Gasteiger partial charge on any atom is 0.313 e. The predicted octanol–water partition coefficient (Wildman–Crippen LogP) is 4.18. The molecule has 248 valence electrons. The Kier molecular flexibility index (Phi) is 8.93. The van der Waals surface area contributed by atoms with Gasteiger partial charge < -0.3 is 29.7 Å². The third kappa shape index (κ3) is 5.63. The van der Waals surface area contributed by atoms with E-state index in [1.54, 1.807) is 11.0 Å². The Morgan fingerprint density at radius 3 is 2.50 bits per heavy atom. The molecule has 4 aliphatic heterocycles. The van der Waals surface area contributed by atoms with Crippen LogP contribution in [0.4, 0.5) is 5.69 Å². The molecule has 3 aromatic carbocycles. The van der Waals surface area contributed by atoms with Gasteiger partial charge in [0.05, 0.1) is 12.5 Å². The number of ether oxygens (including phenoxy) is 2. The SMILES string of the molecule is O=C1CC/C=C\CN(c2ccc3ccccc3c2)C(=O)[C@H]2N(CCCO)C(=O)[C@@H]3[C@@H](C(=O)O[C@@H](c4ccccc4)CN1)[C@@H]1O[C@@]32C=C1Br. The van der Waals surface area contributed by atoms with Crippen LogP contribution in [-0.4, -0.2) is 77.7 Å². The summed E-state index contributed by atoms with van der Waals surface area (Å²) in [6, 6.07) is 21.6. The number of nitrogens with zero attached hydrogens (tertiary/aromatic N) is 2. The molecule has 4 aliphatic rings. The van der Waals surface area contributed by atoms with E-state index in [1.807, 2.05) is 84.9 Å². The van der Waals surface area contributed by atoms with E-state index >= 15 is 0 Å². The fourth-order valence-corrected chi connectivity index (χ4v) is 8.22. The Hall–Kier alpha value is -4.32. The van der Waals surface area contributed by atoms with Crippen molar-refractivity contribution in [2.75, 3.05) is 31.1 Å². The van der Waals surface area contributed by atoms with Gasteiger partial charge in [-0.2, -0.15) is 0 Å². The van der Waals surface area contributed by atoms with E-state index in [9.17, 15) is 24.3 Å². The molecule has 2 saturated heterocycles. The summed E-state index contributed by atoms with van der Waals surface area (Å²) in [4.78, 5) is 59.5. The lowest BCUT2D eigenvalue weighted by molar-refractivity contribution is -0.159. The van der Waals surface area contributed by atoms with Crippen LogP contribution in [0, 0.1) is 11.8 Å². The van der Waals surface area contributed by atoms with E-state index in [-0.39, 0.29) is 50.9 Å². The molecule has 2 N–H and O–H groups in total. The van der Waals surface area contributed by atoms with Gasteiger partial charge in [-0.05, 0) is 47.4 Å². The lowest BCUT2D eigenvalue weighted by Gasteiger charge is -2.36. The molecule has 0 unspecified atom stereocenters. The van der Waals surface area contributed by atoms with E-state index in [4.69, 9.17) is 9.47 Å². The minimum absolute atomic E-state index is 0.0524. The number of esters is 1. The zero-order chi connectivity index (χ0) is 33.4. The van der Waals surface area contributed by atoms with Crippen molar-refractivity contribution in [1.82, 2.24) is 10.2 Å². The van der Waals surface area contributed by atoms with Gasteiger partial charge in [0.15, 0.2) is 0 Å². The van der Waals surface area contributed by atoms with Crippen LogP contribution in [0.2, 0.25) is 0 Å². The van der Waals surface area contributed by atoms with Gasteiger partial charge in [0.25, 0.3) is 5.91 Å². The molecule has 0 saturated carbocycles. The quantitative estimate of drug-likeness (QED) is 0.300. The fraction of sp³-hybridized carbons (Fsp3) is 0.351. The molecule has 2 fully saturated rings. The number of aliphatic hydroxyl groups is 1. The number of likely N-dealkylation sites (tertiary alicyclic amines) is 1. The number of aliphatic hydroxyl groups excluding tert-OH is 1. The van der Waals surface area contributed by atoms with Crippen molar-refractivity contribution >= 4 is 56.1 Å². The second-order valence-corrected chi connectivity index (χ2v) is 13.5. The third-order valence-corrected chi connectivity index (χ3v) is 10.4. The van der Waals surface area contributed by atoms with Crippen LogP contribution in [0.1, 0.15) is 30.9 Å². The van der Waals surface area contributed by atoms with Crippen molar-refractivity contribution < 1.29 is 33.8 Å². The third-order valence-electron chi connectivity index (χ3n) is 9.71. The largest absolute Gasteiger partial charge is 0.455 e. The van der Waals surface area contributed by atoms with Gasteiger partial charge in [-0.3, -0.25) is 19.2 Å². The number of carbonyl (C=O) groups is 4. The van der Waals surface area contributed by atoms with Gasteiger partial charge in [-0.1, -0.05) is 88.7 Å². The molecule has 7 rings (SSSR count). The number of allylic oxidation sites excluding steroid dienone is 1. The fourth-order valence-electron chi connectivity index (χ4n) is 7.48. The summed E-state index contributed by atoms with van der Waals surface area (Å²) in [6.45, 7) is 0.147. The van der Waals surface area contributed by atoms with Crippen LogP contribution in [0.3, 0.4) is 0 Å². The zero-order valence-corrected chi connectivity index (χ0v) is 27.8. The first-order valence-corrected chi connectivity index (χ1v) is 17.1. The van der Waals surface area contributed by atoms with Gasteiger partial charge in [0.1, 0.15) is 29.8 Å². The molecule has 3 aromatic rings. The van der Waals surface area contributed by atoms with E-state index in [2.05, 4.69) is 21.2 Å². The molecule has 4 heterocycles. The van der Waals surface area contributed by atoms with Gasteiger partial charge in [-0.25, -0.2) is 0 Å². The van der Waals surface area contributed by atoms with Crippen molar-refractivity contribution in [2.24, 2.45) is 11.8 Å². The first-order chi connectivity index (χ1) is 23.3. The summed E-state index contributed by atoms with van der Waals surface area (Å²) >= 11 is 3.59. The van der Waals surface area contributed by atoms with Crippen molar-refractivity contribution in [3.8, 4) is 0 Å². The molecule has 1 spiro atoms. The number of nitrogens with one attached hydrogen (secondary N) is 1. The standard InChI is InChI=1S/C37H36BrN3O7/c38-27-21-37-31-30(32(27)48-37)36(46)47-28(24-11-3-1-4-12-24)22-39-29(43)14-5-2-8-17-40(26-16-15-23-10-6-7-13-25(23)20-26)35(45)33(37)41(34(31)44)18-9-19-42/h1-4,6-8,10-13,15-16,20-21,28,30-33,42H,5,9,14,17-19,22H2,(H,39,43)/b8-2-/t28-,30-,31+,32-,33-,37+/m1/s1. The molecule has 11 heteroatoms. The van der Waals surface area contributed by atoms with Gasteiger partial charge in [0, 0.05) is 36.3 Å². The predicted molar refractivity (Wildman–Crippen MR) is 182 cm³/mol. The summed E-state index contributed by atoms with van der Waals surface area (Å²) in [5, 5.41) is 14.6. The van der Waals surface area contributed by atoms with E-state index in [0.717, 1.165) is 10.8 Å². The molecule has 3 amide bonds. The molecule has 0 radical (unpaired) electrons. The maximum absolute atomic E-state index is 15.0. The lowest BCUT2D eigenvalue weighted by Crippen LogP contribution is -2.56. The average molecular weight is 715 g/mol. The highest BCUT2D eigenvalue weighted by atomic mass is 79.9. The number of hydrogen-bond donors (Lipinski definition) is 2. The van der Waals surface area contributed by atoms with E-state index in [1.165, 1.54) is 4.90 Å². The van der Waals surface area contributed by atoms with Crippen LogP contribution in [0.5, 0.6) is 0 Å². The second-order valence-electron chi connectivity index (χ2n) is 12.6. The van der Waals surface area contributed by atoms with Crippen LogP contribution in [0.25, 0.3) is 10.8 Å². The van der Waals surface area contributed by atoms with Gasteiger partial charge in [-0.15, -0.1) is 0 Å². The van der Waals surface area contributed by atoms with Crippen LogP contribution in [-0.2, 0) is 28.7 Å². The highest BCUT2D eigenvalue weighted by Gasteiger charge is 2.75. The Bertz CT molecular complexity index is 1810. The van der Waals surface area contributed by atoms with E-state index < -0.39 is 47.6 Å². The first-order valence-electron chi connectivity index (χ1n) is 16.3. The lowest BCUT2D eigenvalue weighted by atomic mass is 9.74. The molecule has 48 heavy (non-hydrogen) atoms. The Morgan fingerprint density at radius 1 is 0.938 bits per heavy atom. The van der Waals surface area contributed by atoms with Crippen molar-refractivity contribution in [3.63, 3.8) is 0 Å². The highest BCUT2D eigenvalue weighted by molar-refractivity contribution is 9.11. The number of amides is 3. The van der Waals surface area contributed by atoms with E-state index in [0.29, 0.717) is 22.2 Å². The summed E-state index contributed by atoms with van der Waals surface area (Å²) < 4.78 is 13.3. The number of halogens is 1. The Labute approximate surface area is 286 Å². The average Bonchev–Trinajstić information content (AvgIpc) is 3.69. The number of cyclic esters (lactones) is 1. The number of rotatable bonds is 5. The molecular weight excluding hydrogens is 678 g/mol. The minimum Gasteiger partial charge on any atom is -0.455 e. The van der Waals surface area contributed by atoms with Crippen molar-refractivity contribution in [1.29, 1.82) is 0 Å². The Balaban J connectivity index is 1.33. The minimum atomic E-state index is -1.44. The summed E-state index contributed by atoms with van der Waals surface area (Å²) in [6.07, 6.45) is 4.72. The summed E-state index contributed by atoms with van der Waals surface area (Å²) in [5.41, 5.74) is -0.121. The molecular formula is C37H36BrN3O7. The van der Waals surface area contributed by atoms with Crippen LogP contribution >= 0.6 is 15.9 Å². The van der Waals surface area contributed by atoms with Gasteiger partial charge >= 0.3 is 5.97 Å². The van der Waals surface area contributed by atoms with Crippen LogP contribution < -0.4 is 10.2 Å². The smallest absolute Gasteiger partial charge is 0.313 e. The molecule has 0 aliphatic carbocycles. The molecule has 5 bridgehead atoms. The number of carbonyl (C=O) groups excluding carboxylic acids is 4. The topological polar surface area (TPSA) is 125 Å². The summed E-state index contributed by atoms with van der Waals surface area (Å²) in [7, 11) is 0. The first kappa shape index (κ1) is 32.2. The van der Waals surface area contributed by atoms with Gasteiger partial charge in [0.2, 0.25) is 11.8 Å². The molecule has 6 atom stereocenters. The van der Waals surface area contributed by atoms with Crippen LogP contribution in [0.15, 0.2) is 95.5 Å². The number of benzene rings is 3. The molecule has 0 aromatic heterocycles. The normalized spacial score (nSPS) is 29.9. The Morgan fingerprint density at radius 2 is 1.71 bits per heavy atom. The zero-order valence-electron chi connectivity index (χ0n) is 26.2. The summed E-state index contributed by atoms with van der Waals surface area (Å²) in [5.74, 6) is -3.70. The number of anilines is 1. The molecule has 10 nitrogen and oxygen atoms in total. The number of fused-ring (bicyclic) bond motifs is 3. The maximum atomic E-state index is 15.0. The highest BCUT2D eigenvalue weighted by Crippen LogP contribution is 2.59. The monoisotopic (exact) mass is 713 g/mol. The second kappa shape index (κ2) is 13.3.